The molecule has 4 heteroatoms. The Balaban J connectivity index is 1.70. The van der Waals surface area contributed by atoms with Crippen LogP contribution >= 0.6 is 11.6 Å². The summed E-state index contributed by atoms with van der Waals surface area (Å²) in [7, 11) is 0. The van der Waals surface area contributed by atoms with Crippen LogP contribution in [0.3, 0.4) is 0 Å². The minimum Gasteiger partial charge on any atom is -0.456 e. The lowest BCUT2D eigenvalue weighted by Crippen LogP contribution is -2.24. The van der Waals surface area contributed by atoms with Gasteiger partial charge in [0.1, 0.15) is 11.5 Å². The largest absolute Gasteiger partial charge is 0.456 e. The van der Waals surface area contributed by atoms with Crippen molar-refractivity contribution in [1.82, 2.24) is 9.97 Å². The third-order valence-electron chi connectivity index (χ3n) is 5.51. The highest BCUT2D eigenvalue weighted by Gasteiger charge is 2.35. The number of halogens is 1. The second kappa shape index (κ2) is 6.71. The van der Waals surface area contributed by atoms with Gasteiger partial charge < -0.3 is 4.74 Å². The van der Waals surface area contributed by atoms with E-state index in [0.29, 0.717) is 0 Å². The first-order valence-electron chi connectivity index (χ1n) is 9.55. The van der Waals surface area contributed by atoms with Crippen LogP contribution in [0.5, 0.6) is 11.5 Å². The number of aromatic nitrogens is 2. The number of hydrogen-bond donors (Lipinski definition) is 0. The van der Waals surface area contributed by atoms with Gasteiger partial charge in [0.2, 0.25) is 5.28 Å². The number of para-hydroxylation sites is 2. The van der Waals surface area contributed by atoms with Crippen molar-refractivity contribution in [3.63, 3.8) is 0 Å². The van der Waals surface area contributed by atoms with E-state index in [9.17, 15) is 0 Å². The summed E-state index contributed by atoms with van der Waals surface area (Å²) in [5.74, 6) is 1.70. The standard InChI is InChI=1S/C25H19ClN2O/c1-25(2)18-12-6-7-14-22(18)29-23-17(11-8-13-19(23)25)21-15-20(27-24(26)28-21)16-9-4-3-5-10-16/h3-15H,1-2H3. The second-order valence-corrected chi connectivity index (χ2v) is 8.02. The van der Waals surface area contributed by atoms with Crippen molar-refractivity contribution in [1.29, 1.82) is 0 Å². The van der Waals surface area contributed by atoms with Gasteiger partial charge in [0.05, 0.1) is 11.4 Å². The van der Waals surface area contributed by atoms with E-state index in [1.165, 1.54) is 5.56 Å². The molecule has 0 N–H and O–H groups in total. The van der Waals surface area contributed by atoms with Gasteiger partial charge in [0.15, 0.2) is 0 Å². The first kappa shape index (κ1) is 17.9. The molecule has 0 aliphatic carbocycles. The number of ether oxygens (including phenoxy) is 1. The van der Waals surface area contributed by atoms with Crippen molar-refractivity contribution < 1.29 is 4.74 Å². The first-order valence-corrected chi connectivity index (χ1v) is 9.93. The lowest BCUT2D eigenvalue weighted by molar-refractivity contribution is 0.419. The molecule has 0 saturated carbocycles. The molecule has 1 aliphatic heterocycles. The molecule has 1 aromatic heterocycles. The lowest BCUT2D eigenvalue weighted by atomic mass is 9.75. The fourth-order valence-electron chi connectivity index (χ4n) is 3.98. The van der Waals surface area contributed by atoms with E-state index in [1.54, 1.807) is 0 Å². The second-order valence-electron chi connectivity index (χ2n) is 7.68. The average molecular weight is 399 g/mol. The minimum atomic E-state index is -0.181. The maximum Gasteiger partial charge on any atom is 0.223 e. The third kappa shape index (κ3) is 2.99. The fraction of sp³-hybridized carbons (Fsp3) is 0.120. The smallest absolute Gasteiger partial charge is 0.223 e. The Morgan fingerprint density at radius 1 is 0.759 bits per heavy atom. The van der Waals surface area contributed by atoms with Crippen LogP contribution in [-0.2, 0) is 5.41 Å². The summed E-state index contributed by atoms with van der Waals surface area (Å²) in [6.07, 6.45) is 0. The van der Waals surface area contributed by atoms with Crippen molar-refractivity contribution in [3.05, 3.63) is 95.3 Å². The van der Waals surface area contributed by atoms with Crippen LogP contribution in [0.1, 0.15) is 25.0 Å². The number of benzene rings is 3. The third-order valence-corrected chi connectivity index (χ3v) is 5.67. The van der Waals surface area contributed by atoms with Crippen LogP contribution in [0.25, 0.3) is 22.5 Å². The van der Waals surface area contributed by atoms with Crippen molar-refractivity contribution in [3.8, 4) is 34.0 Å². The zero-order valence-electron chi connectivity index (χ0n) is 16.2. The number of hydrogen-bond acceptors (Lipinski definition) is 3. The molecule has 0 atom stereocenters. The molecule has 29 heavy (non-hydrogen) atoms. The predicted molar refractivity (Wildman–Crippen MR) is 117 cm³/mol. The molecular weight excluding hydrogens is 380 g/mol. The maximum absolute atomic E-state index is 6.38. The van der Waals surface area contributed by atoms with Crippen LogP contribution in [0.2, 0.25) is 5.28 Å². The number of nitrogens with zero attached hydrogens (tertiary/aromatic N) is 2. The molecule has 0 saturated heterocycles. The van der Waals surface area contributed by atoms with Crippen molar-refractivity contribution in [2.24, 2.45) is 0 Å². The summed E-state index contributed by atoms with van der Waals surface area (Å²) in [5.41, 5.74) is 5.56. The maximum atomic E-state index is 6.38. The molecule has 4 aromatic rings. The first-order chi connectivity index (χ1) is 14.0. The molecule has 0 amide bonds. The Kier molecular flexibility index (Phi) is 4.14. The van der Waals surface area contributed by atoms with E-state index in [-0.39, 0.29) is 10.7 Å². The van der Waals surface area contributed by atoms with Crippen molar-refractivity contribution in [2.75, 3.05) is 0 Å². The quantitative estimate of drug-likeness (QED) is 0.344. The zero-order valence-corrected chi connectivity index (χ0v) is 16.9. The summed E-state index contributed by atoms with van der Waals surface area (Å²) in [4.78, 5) is 8.94. The van der Waals surface area contributed by atoms with Crippen molar-refractivity contribution >= 4 is 11.6 Å². The van der Waals surface area contributed by atoms with E-state index in [1.807, 2.05) is 60.7 Å². The predicted octanol–water partition coefficient (Wildman–Crippen LogP) is 6.90. The SMILES string of the molecule is CC1(C)c2ccccc2Oc2c(-c3cc(-c4ccccc4)nc(Cl)n3)cccc21. The Bertz CT molecular complexity index is 1220. The van der Waals surface area contributed by atoms with Crippen LogP contribution in [0.15, 0.2) is 78.9 Å². The summed E-state index contributed by atoms with van der Waals surface area (Å²) in [5, 5.41) is 0.217. The van der Waals surface area contributed by atoms with E-state index in [4.69, 9.17) is 16.3 Å². The molecule has 5 rings (SSSR count). The van der Waals surface area contributed by atoms with Gasteiger partial charge in [-0.25, -0.2) is 9.97 Å². The molecule has 0 spiro atoms. The molecule has 3 aromatic carbocycles. The highest BCUT2D eigenvalue weighted by molar-refractivity contribution is 6.28. The normalized spacial score (nSPS) is 13.9. The Labute approximate surface area is 175 Å². The van der Waals surface area contributed by atoms with Crippen molar-refractivity contribution in [2.45, 2.75) is 19.3 Å². The Hall–Kier alpha value is -3.17. The van der Waals surface area contributed by atoms with Crippen LogP contribution < -0.4 is 4.74 Å². The van der Waals surface area contributed by atoms with Gasteiger partial charge in [-0.15, -0.1) is 0 Å². The van der Waals surface area contributed by atoms with Gasteiger partial charge in [0.25, 0.3) is 0 Å². The summed E-state index contributed by atoms with van der Waals surface area (Å²) >= 11 is 6.31. The van der Waals surface area contributed by atoms with Gasteiger partial charge in [-0.2, -0.15) is 0 Å². The molecule has 1 aliphatic rings. The highest BCUT2D eigenvalue weighted by Crippen LogP contribution is 2.50. The van der Waals surface area contributed by atoms with Gasteiger partial charge in [-0.3, -0.25) is 0 Å². The van der Waals surface area contributed by atoms with Crippen LogP contribution in [0.4, 0.5) is 0 Å². The monoisotopic (exact) mass is 398 g/mol. The van der Waals surface area contributed by atoms with Gasteiger partial charge in [-0.05, 0) is 29.8 Å². The molecule has 0 radical (unpaired) electrons. The summed E-state index contributed by atoms with van der Waals surface area (Å²) in [6, 6.07) is 26.3. The summed E-state index contributed by atoms with van der Waals surface area (Å²) < 4.78 is 6.38. The highest BCUT2D eigenvalue weighted by atomic mass is 35.5. The van der Waals surface area contributed by atoms with Gasteiger partial charge in [0, 0.05) is 27.7 Å². The number of fused-ring (bicyclic) bond motifs is 2. The van der Waals surface area contributed by atoms with E-state index in [2.05, 4.69) is 42.0 Å². The molecule has 2 heterocycles. The summed E-state index contributed by atoms with van der Waals surface area (Å²) in [6.45, 7) is 4.44. The molecule has 0 fully saturated rings. The molecule has 0 bridgehead atoms. The minimum absolute atomic E-state index is 0.181. The van der Waals surface area contributed by atoms with E-state index >= 15 is 0 Å². The lowest BCUT2D eigenvalue weighted by Gasteiger charge is -2.35. The Morgan fingerprint density at radius 3 is 2.28 bits per heavy atom. The van der Waals surface area contributed by atoms with Crippen LogP contribution in [-0.4, -0.2) is 9.97 Å². The zero-order chi connectivity index (χ0) is 20.0. The Morgan fingerprint density at radius 2 is 1.45 bits per heavy atom. The fourth-order valence-corrected chi connectivity index (χ4v) is 4.16. The molecule has 0 unspecified atom stereocenters. The van der Waals surface area contributed by atoms with E-state index in [0.717, 1.165) is 39.6 Å². The van der Waals surface area contributed by atoms with Crippen LogP contribution in [0, 0.1) is 0 Å². The average Bonchev–Trinajstić information content (AvgIpc) is 2.74. The van der Waals surface area contributed by atoms with Gasteiger partial charge >= 0.3 is 0 Å². The topological polar surface area (TPSA) is 35.0 Å². The van der Waals surface area contributed by atoms with Gasteiger partial charge in [-0.1, -0.05) is 74.5 Å². The molecule has 3 nitrogen and oxygen atoms in total. The molecule has 142 valence electrons. The number of rotatable bonds is 2. The molecular formula is C25H19ClN2O. The van der Waals surface area contributed by atoms with E-state index < -0.39 is 0 Å².